The molecule has 8 heteroatoms. The Morgan fingerprint density at radius 1 is 1.07 bits per heavy atom. The lowest BCUT2D eigenvalue weighted by Gasteiger charge is -2.12. The Balaban J connectivity index is 1.76. The van der Waals surface area contributed by atoms with Crippen molar-refractivity contribution in [1.82, 2.24) is 19.5 Å². The van der Waals surface area contributed by atoms with Crippen molar-refractivity contribution in [2.75, 3.05) is 16.4 Å². The molecule has 0 unspecified atom stereocenters. The van der Waals surface area contributed by atoms with Gasteiger partial charge < -0.3 is 20.9 Å². The number of fused-ring (bicyclic) bond motifs is 1. The van der Waals surface area contributed by atoms with E-state index in [4.69, 9.17) is 10.7 Å². The number of anilines is 4. The second kappa shape index (κ2) is 7.82. The summed E-state index contributed by atoms with van der Waals surface area (Å²) < 4.78 is 2.08. The quantitative estimate of drug-likeness (QED) is 0.429. The van der Waals surface area contributed by atoms with Gasteiger partial charge in [-0.2, -0.15) is 0 Å². The van der Waals surface area contributed by atoms with Crippen molar-refractivity contribution in [2.45, 2.75) is 26.8 Å². The van der Waals surface area contributed by atoms with Gasteiger partial charge in [0.25, 0.3) is 0 Å². The molecule has 0 atom stereocenters. The summed E-state index contributed by atoms with van der Waals surface area (Å²) in [7, 11) is 0. The number of nitrogens with zero attached hydrogens (tertiary/aromatic N) is 4. The Morgan fingerprint density at radius 2 is 1.80 bits per heavy atom. The first-order valence-corrected chi connectivity index (χ1v) is 9.66. The summed E-state index contributed by atoms with van der Waals surface area (Å²) in [5, 5.41) is 6.06. The van der Waals surface area contributed by atoms with Gasteiger partial charge in [0.1, 0.15) is 12.2 Å². The molecular formula is C22H23N7O. The number of hydrogen-bond donors (Lipinski definition) is 3. The number of hydrogen-bond acceptors (Lipinski definition) is 6. The normalized spacial score (nSPS) is 11.1. The Bertz CT molecular complexity index is 1210. The Morgan fingerprint density at radius 3 is 2.47 bits per heavy atom. The SMILES string of the molecule is CC(=O)Nc1ccc(Nc2ncnc3c2nc(-c2cccc(N)c2)n3C(C)C)cc1. The Kier molecular flexibility index (Phi) is 5.05. The molecule has 0 aliphatic carbocycles. The monoisotopic (exact) mass is 401 g/mol. The molecule has 2 heterocycles. The Labute approximate surface area is 174 Å². The minimum absolute atomic E-state index is 0.110. The van der Waals surface area contributed by atoms with Crippen LogP contribution in [0.25, 0.3) is 22.6 Å². The topological polar surface area (TPSA) is 111 Å². The molecule has 8 nitrogen and oxygen atoms in total. The van der Waals surface area contributed by atoms with E-state index in [2.05, 4.69) is 39.0 Å². The van der Waals surface area contributed by atoms with Crippen LogP contribution in [0.3, 0.4) is 0 Å². The van der Waals surface area contributed by atoms with Crippen LogP contribution in [0.2, 0.25) is 0 Å². The maximum Gasteiger partial charge on any atom is 0.221 e. The molecule has 30 heavy (non-hydrogen) atoms. The second-order valence-corrected chi connectivity index (χ2v) is 7.30. The fourth-order valence-corrected chi connectivity index (χ4v) is 3.35. The van der Waals surface area contributed by atoms with Gasteiger partial charge >= 0.3 is 0 Å². The van der Waals surface area contributed by atoms with Crippen LogP contribution in [0.4, 0.5) is 22.9 Å². The number of rotatable bonds is 5. The van der Waals surface area contributed by atoms with E-state index >= 15 is 0 Å². The summed E-state index contributed by atoms with van der Waals surface area (Å²) in [6.07, 6.45) is 1.53. The Hall–Kier alpha value is -3.94. The van der Waals surface area contributed by atoms with Gasteiger partial charge in [-0.15, -0.1) is 0 Å². The molecule has 0 spiro atoms. The van der Waals surface area contributed by atoms with Crippen LogP contribution in [0, 0.1) is 0 Å². The van der Waals surface area contributed by atoms with Crippen molar-refractivity contribution in [2.24, 2.45) is 0 Å². The third kappa shape index (κ3) is 3.80. The number of aromatic nitrogens is 4. The smallest absolute Gasteiger partial charge is 0.221 e. The van der Waals surface area contributed by atoms with Gasteiger partial charge in [0.2, 0.25) is 5.91 Å². The minimum atomic E-state index is -0.110. The van der Waals surface area contributed by atoms with E-state index in [0.29, 0.717) is 17.0 Å². The van der Waals surface area contributed by atoms with Crippen molar-refractivity contribution < 1.29 is 4.79 Å². The molecule has 0 fully saturated rings. The van der Waals surface area contributed by atoms with Crippen LogP contribution in [0.5, 0.6) is 0 Å². The first kappa shape index (κ1) is 19.4. The van der Waals surface area contributed by atoms with E-state index in [1.165, 1.54) is 13.3 Å². The lowest BCUT2D eigenvalue weighted by atomic mass is 10.2. The van der Waals surface area contributed by atoms with Gasteiger partial charge in [0.15, 0.2) is 17.0 Å². The summed E-state index contributed by atoms with van der Waals surface area (Å²) in [6, 6.07) is 15.2. The van der Waals surface area contributed by atoms with Crippen LogP contribution >= 0.6 is 0 Å². The van der Waals surface area contributed by atoms with Crippen molar-refractivity contribution in [1.29, 1.82) is 0 Å². The van der Waals surface area contributed by atoms with Crippen molar-refractivity contribution in [3.8, 4) is 11.4 Å². The van der Waals surface area contributed by atoms with E-state index in [-0.39, 0.29) is 11.9 Å². The van der Waals surface area contributed by atoms with Gasteiger partial charge in [-0.3, -0.25) is 4.79 Å². The highest BCUT2D eigenvalue weighted by Crippen LogP contribution is 2.31. The summed E-state index contributed by atoms with van der Waals surface area (Å²) >= 11 is 0. The molecule has 152 valence electrons. The first-order valence-electron chi connectivity index (χ1n) is 9.66. The third-order valence-corrected chi connectivity index (χ3v) is 4.61. The lowest BCUT2D eigenvalue weighted by molar-refractivity contribution is -0.114. The van der Waals surface area contributed by atoms with Crippen molar-refractivity contribution in [3.63, 3.8) is 0 Å². The summed E-state index contributed by atoms with van der Waals surface area (Å²) in [4.78, 5) is 25.0. The van der Waals surface area contributed by atoms with Crippen molar-refractivity contribution >= 4 is 40.0 Å². The van der Waals surface area contributed by atoms with Gasteiger partial charge in [-0.1, -0.05) is 12.1 Å². The average Bonchev–Trinajstić information content (AvgIpc) is 3.10. The number of carbonyl (C=O) groups is 1. The molecule has 4 rings (SSSR count). The van der Waals surface area contributed by atoms with Gasteiger partial charge in [0.05, 0.1) is 0 Å². The maximum atomic E-state index is 11.2. The van der Waals surface area contributed by atoms with Crippen molar-refractivity contribution in [3.05, 3.63) is 54.9 Å². The largest absolute Gasteiger partial charge is 0.399 e. The maximum absolute atomic E-state index is 11.2. The van der Waals surface area contributed by atoms with E-state index in [9.17, 15) is 4.79 Å². The first-order chi connectivity index (χ1) is 14.4. The van der Waals surface area contributed by atoms with E-state index < -0.39 is 0 Å². The molecule has 0 bridgehead atoms. The second-order valence-electron chi connectivity index (χ2n) is 7.30. The predicted molar refractivity (Wildman–Crippen MR) is 120 cm³/mol. The minimum Gasteiger partial charge on any atom is -0.399 e. The zero-order valence-electron chi connectivity index (χ0n) is 17.0. The van der Waals surface area contributed by atoms with Crippen LogP contribution in [-0.4, -0.2) is 25.4 Å². The fraction of sp³-hybridized carbons (Fsp3) is 0.182. The molecular weight excluding hydrogens is 378 g/mol. The molecule has 0 saturated heterocycles. The zero-order chi connectivity index (χ0) is 21.3. The molecule has 0 aliphatic rings. The summed E-state index contributed by atoms with van der Waals surface area (Å²) in [5.74, 6) is 1.29. The van der Waals surface area contributed by atoms with E-state index in [0.717, 1.165) is 28.4 Å². The number of nitrogens with one attached hydrogen (secondary N) is 2. The molecule has 2 aromatic heterocycles. The number of nitrogen functional groups attached to an aromatic ring is 1. The van der Waals surface area contributed by atoms with Gasteiger partial charge in [-0.25, -0.2) is 15.0 Å². The zero-order valence-corrected chi connectivity index (χ0v) is 17.0. The van der Waals surface area contributed by atoms with Crippen LogP contribution in [0.15, 0.2) is 54.9 Å². The average molecular weight is 401 g/mol. The van der Waals surface area contributed by atoms with Crippen LogP contribution in [0.1, 0.15) is 26.8 Å². The van der Waals surface area contributed by atoms with E-state index in [1.807, 2.05) is 48.5 Å². The molecule has 1 amide bonds. The number of carbonyl (C=O) groups excluding carboxylic acids is 1. The van der Waals surface area contributed by atoms with Crippen LogP contribution in [-0.2, 0) is 4.79 Å². The third-order valence-electron chi connectivity index (χ3n) is 4.61. The van der Waals surface area contributed by atoms with Gasteiger partial charge in [-0.05, 0) is 50.2 Å². The van der Waals surface area contributed by atoms with E-state index in [1.54, 1.807) is 0 Å². The summed E-state index contributed by atoms with van der Waals surface area (Å²) in [6.45, 7) is 5.66. The molecule has 0 aliphatic heterocycles. The number of benzene rings is 2. The van der Waals surface area contributed by atoms with Crippen LogP contribution < -0.4 is 16.4 Å². The number of amides is 1. The molecule has 4 N–H and O–H groups in total. The molecule has 0 radical (unpaired) electrons. The summed E-state index contributed by atoms with van der Waals surface area (Å²) in [5.41, 5.74) is 10.6. The highest BCUT2D eigenvalue weighted by molar-refractivity contribution is 5.90. The standard InChI is InChI=1S/C22H23N7O/c1-13(2)29-21(15-5-4-6-16(23)11-15)28-19-20(24-12-25-22(19)29)27-18-9-7-17(8-10-18)26-14(3)30/h4-13H,23H2,1-3H3,(H,26,30)(H,24,25,27). The number of imidazole rings is 1. The van der Waals surface area contributed by atoms with Gasteiger partial charge in [0, 0.05) is 35.6 Å². The highest BCUT2D eigenvalue weighted by atomic mass is 16.1. The lowest BCUT2D eigenvalue weighted by Crippen LogP contribution is -2.05. The highest BCUT2D eigenvalue weighted by Gasteiger charge is 2.19. The number of nitrogens with two attached hydrogens (primary N) is 1. The predicted octanol–water partition coefficient (Wildman–Crippen LogP) is 4.36. The molecule has 4 aromatic rings. The molecule has 0 saturated carbocycles. The fourth-order valence-electron chi connectivity index (χ4n) is 3.35. The molecule has 2 aromatic carbocycles.